The van der Waals surface area contributed by atoms with E-state index in [0.29, 0.717) is 67.2 Å². The number of alkyl halides is 3. The first kappa shape index (κ1) is 39.9. The van der Waals surface area contributed by atoms with Crippen molar-refractivity contribution in [1.82, 2.24) is 19.3 Å². The number of benzene rings is 4. The third-order valence-corrected chi connectivity index (χ3v) is 11.8. The minimum Gasteiger partial charge on any atom is -0.410 e. The summed E-state index contributed by atoms with van der Waals surface area (Å²) in [5.41, 5.74) is 7.63. The minimum absolute atomic E-state index is 0.0873. The first-order chi connectivity index (χ1) is 28.3. The topological polar surface area (TPSA) is 96.3 Å². The van der Waals surface area contributed by atoms with Crippen molar-refractivity contribution in [2.24, 2.45) is 7.05 Å². The van der Waals surface area contributed by atoms with Gasteiger partial charge in [0.05, 0.1) is 24.3 Å². The van der Waals surface area contributed by atoms with E-state index in [1.165, 1.54) is 22.6 Å². The van der Waals surface area contributed by atoms with Crippen LogP contribution in [0.25, 0.3) is 11.3 Å². The molecule has 5 aromatic rings. The number of carbonyl (C=O) groups is 3. The van der Waals surface area contributed by atoms with Crippen molar-refractivity contribution in [3.05, 3.63) is 141 Å². The zero-order valence-corrected chi connectivity index (χ0v) is 33.3. The van der Waals surface area contributed by atoms with E-state index in [9.17, 15) is 22.8 Å². The van der Waals surface area contributed by atoms with Crippen molar-refractivity contribution in [2.45, 2.75) is 52.0 Å². The van der Waals surface area contributed by atoms with Gasteiger partial charge in [-0.3, -0.25) is 14.5 Å². The molecule has 13 heteroatoms. The molecule has 3 aliphatic heterocycles. The van der Waals surface area contributed by atoms with Gasteiger partial charge in [0.2, 0.25) is 0 Å². The highest BCUT2D eigenvalue weighted by molar-refractivity contribution is 6.07. The van der Waals surface area contributed by atoms with Crippen LogP contribution in [0, 0.1) is 13.8 Å². The smallest absolute Gasteiger partial charge is 0.410 e. The maximum absolute atomic E-state index is 15.3. The van der Waals surface area contributed by atoms with E-state index < -0.39 is 17.8 Å². The van der Waals surface area contributed by atoms with Gasteiger partial charge in [-0.25, -0.2) is 4.79 Å². The minimum atomic E-state index is -4.59. The van der Waals surface area contributed by atoms with Crippen LogP contribution in [0.3, 0.4) is 0 Å². The van der Waals surface area contributed by atoms with E-state index in [4.69, 9.17) is 9.47 Å². The van der Waals surface area contributed by atoms with Gasteiger partial charge in [-0.15, -0.1) is 0 Å². The number of para-hydroxylation sites is 1. The van der Waals surface area contributed by atoms with Gasteiger partial charge < -0.3 is 29.2 Å². The van der Waals surface area contributed by atoms with Gasteiger partial charge >= 0.3 is 12.3 Å². The van der Waals surface area contributed by atoms with Crippen molar-refractivity contribution in [2.75, 3.05) is 44.7 Å². The zero-order valence-electron chi connectivity index (χ0n) is 33.3. The lowest BCUT2D eigenvalue weighted by atomic mass is 9.89. The molecule has 3 aliphatic rings. The average Bonchev–Trinajstić information content (AvgIpc) is 3.53. The Labute approximate surface area is 341 Å². The van der Waals surface area contributed by atoms with E-state index in [0.717, 1.165) is 53.2 Å². The van der Waals surface area contributed by atoms with Crippen LogP contribution in [0.2, 0.25) is 0 Å². The lowest BCUT2D eigenvalue weighted by Gasteiger charge is -2.41. The number of halogens is 3. The summed E-state index contributed by atoms with van der Waals surface area (Å²) in [6, 6.07) is 25.5. The highest BCUT2D eigenvalue weighted by Gasteiger charge is 2.36. The second-order valence-corrected chi connectivity index (χ2v) is 15.6. The number of nitrogens with one attached hydrogen (secondary N) is 1. The van der Waals surface area contributed by atoms with E-state index in [-0.39, 0.29) is 36.7 Å². The van der Waals surface area contributed by atoms with Gasteiger partial charge in [-0.05, 0) is 97.0 Å². The summed E-state index contributed by atoms with van der Waals surface area (Å²) < 4.78 is 53.3. The molecule has 1 aromatic heterocycles. The van der Waals surface area contributed by atoms with Gasteiger partial charge in [-0.2, -0.15) is 13.2 Å². The molecule has 0 unspecified atom stereocenters. The van der Waals surface area contributed by atoms with E-state index in [2.05, 4.69) is 22.3 Å². The number of rotatable bonds is 7. The van der Waals surface area contributed by atoms with Gasteiger partial charge in [0.1, 0.15) is 5.75 Å². The molecule has 1 fully saturated rings. The molecule has 0 bridgehead atoms. The Balaban J connectivity index is 1.17. The lowest BCUT2D eigenvalue weighted by Crippen LogP contribution is -2.52. The van der Waals surface area contributed by atoms with Crippen LogP contribution >= 0.6 is 0 Å². The number of aromatic nitrogens is 1. The molecule has 306 valence electrons. The van der Waals surface area contributed by atoms with Gasteiger partial charge in [0, 0.05) is 80.6 Å². The number of hydrogen-bond acceptors (Lipinski definition) is 6. The number of carbonyl (C=O) groups excluding carboxylic acids is 3. The van der Waals surface area contributed by atoms with Crippen LogP contribution in [0.15, 0.2) is 91.0 Å². The predicted octanol–water partition coefficient (Wildman–Crippen LogP) is 8.04. The zero-order chi connectivity index (χ0) is 41.4. The van der Waals surface area contributed by atoms with Gasteiger partial charge in [-0.1, -0.05) is 48.5 Å². The van der Waals surface area contributed by atoms with Crippen molar-refractivity contribution in [1.29, 1.82) is 0 Å². The highest BCUT2D eigenvalue weighted by atomic mass is 19.4. The fourth-order valence-corrected chi connectivity index (χ4v) is 8.37. The third kappa shape index (κ3) is 8.35. The Bertz CT molecular complexity index is 2420. The summed E-state index contributed by atoms with van der Waals surface area (Å²) in [6.07, 6.45) is -4.28. The van der Waals surface area contributed by atoms with Crippen LogP contribution in [0.5, 0.6) is 5.75 Å². The normalized spacial score (nSPS) is 16.9. The van der Waals surface area contributed by atoms with Crippen molar-refractivity contribution in [3.8, 4) is 17.0 Å². The molecule has 3 amide bonds. The maximum Gasteiger partial charge on any atom is 0.416 e. The number of fused-ring (bicyclic) bond motifs is 2. The molecule has 0 spiro atoms. The fraction of sp³-hybridized carbons (Fsp3) is 0.326. The van der Waals surface area contributed by atoms with E-state index >= 15 is 4.79 Å². The molecule has 4 aromatic carbocycles. The van der Waals surface area contributed by atoms with Crippen molar-refractivity contribution in [3.63, 3.8) is 0 Å². The quantitative estimate of drug-likeness (QED) is 0.179. The third-order valence-electron chi connectivity index (χ3n) is 11.8. The van der Waals surface area contributed by atoms with E-state index in [1.54, 1.807) is 0 Å². The van der Waals surface area contributed by atoms with Crippen LogP contribution < -0.4 is 10.1 Å². The van der Waals surface area contributed by atoms with Gasteiger partial charge in [0.25, 0.3) is 11.8 Å². The molecule has 1 saturated heterocycles. The van der Waals surface area contributed by atoms with Crippen molar-refractivity contribution >= 4 is 23.6 Å². The predicted molar refractivity (Wildman–Crippen MR) is 217 cm³/mol. The number of anilines is 1. The Kier molecular flexibility index (Phi) is 11.1. The molecule has 10 nitrogen and oxygen atoms in total. The maximum atomic E-state index is 15.3. The summed E-state index contributed by atoms with van der Waals surface area (Å²) in [7, 11) is 1.88. The molecular formula is C46H46F3N5O5. The second kappa shape index (κ2) is 16.4. The SMILES string of the molecule is Cc1ccccc1NC(=O)c1cc(-c2cc3c(cc2C(=O)N2Cc4ccccc4C[C@H]2CN2CCOCC2)CN(C(=O)Oc2cccc(C(F)(F)F)c2)CC3)n(C)c1C. The summed E-state index contributed by atoms with van der Waals surface area (Å²) in [5, 5.41) is 3.05. The van der Waals surface area contributed by atoms with Crippen LogP contribution in [-0.2, 0) is 43.9 Å². The second-order valence-electron chi connectivity index (χ2n) is 15.6. The van der Waals surface area contributed by atoms with Crippen LogP contribution in [-0.4, -0.2) is 82.6 Å². The molecule has 0 radical (unpaired) electrons. The molecule has 4 heterocycles. The Morgan fingerprint density at radius 3 is 2.32 bits per heavy atom. The molecule has 0 aliphatic carbocycles. The number of ether oxygens (including phenoxy) is 2. The van der Waals surface area contributed by atoms with E-state index in [1.807, 2.05) is 85.0 Å². The number of hydrogen-bond donors (Lipinski definition) is 1. The summed E-state index contributed by atoms with van der Waals surface area (Å²) >= 11 is 0. The first-order valence-electron chi connectivity index (χ1n) is 19.9. The molecule has 0 saturated carbocycles. The molecule has 1 N–H and O–H groups in total. The molecule has 8 rings (SSSR count). The number of nitrogens with zero attached hydrogens (tertiary/aromatic N) is 4. The number of morpholine rings is 1. The summed E-state index contributed by atoms with van der Waals surface area (Å²) in [4.78, 5) is 48.3. The highest BCUT2D eigenvalue weighted by Crippen LogP contribution is 2.37. The molecular weight excluding hydrogens is 760 g/mol. The Morgan fingerprint density at radius 2 is 1.56 bits per heavy atom. The standard InChI is InChI=1S/C46H46F3N5O5/c1-29-9-4-7-14-41(29)50-43(55)38-25-42(51(3)30(38)2)39-22-32-15-16-53(45(57)59-37-13-8-12-35(24-37)46(47,48)49)26-34(32)23-40(39)44(56)54-27-33-11-6-5-10-31(33)21-36(54)28-52-17-19-58-20-18-52/h4-14,22-25,36H,15-21,26-28H2,1-3H3,(H,50,55)/t36-/m0/s1. The number of amides is 3. The van der Waals surface area contributed by atoms with Crippen molar-refractivity contribution < 1.29 is 37.0 Å². The Hall–Kier alpha value is -5.92. The molecule has 59 heavy (non-hydrogen) atoms. The average molecular weight is 806 g/mol. The monoisotopic (exact) mass is 805 g/mol. The molecule has 1 atom stereocenters. The first-order valence-corrected chi connectivity index (χ1v) is 19.9. The Morgan fingerprint density at radius 1 is 0.814 bits per heavy atom. The summed E-state index contributed by atoms with van der Waals surface area (Å²) in [5.74, 6) is -0.651. The largest absolute Gasteiger partial charge is 0.416 e. The fourth-order valence-electron chi connectivity index (χ4n) is 8.37. The van der Waals surface area contributed by atoms with Crippen LogP contribution in [0.1, 0.15) is 59.8 Å². The van der Waals surface area contributed by atoms with Gasteiger partial charge in [0.15, 0.2) is 0 Å². The number of aryl methyl sites for hydroxylation is 1. The summed E-state index contributed by atoms with van der Waals surface area (Å²) in [6.45, 7) is 8.03. The van der Waals surface area contributed by atoms with Crippen LogP contribution in [0.4, 0.5) is 23.7 Å². The lowest BCUT2D eigenvalue weighted by molar-refractivity contribution is -0.137.